The molecule has 0 aromatic heterocycles. The van der Waals surface area contributed by atoms with Crippen molar-refractivity contribution in [3.63, 3.8) is 0 Å². The van der Waals surface area contributed by atoms with Crippen molar-refractivity contribution >= 4 is 27.9 Å². The maximum atomic E-state index is 11.3. The highest BCUT2D eigenvalue weighted by Crippen LogP contribution is 2.34. The summed E-state index contributed by atoms with van der Waals surface area (Å²) in [5.74, 6) is 1.35. The van der Waals surface area contributed by atoms with Crippen LogP contribution in [-0.4, -0.2) is 38.4 Å². The molecular weight excluding hydrogens is 544 g/mol. The van der Waals surface area contributed by atoms with Gasteiger partial charge in [-0.05, 0) is 35.9 Å². The average molecular weight is 581 g/mol. The predicted octanol–water partition coefficient (Wildman–Crippen LogP) is 5.95. The fraction of sp³-hybridized carbons (Fsp3) is 0.286. The van der Waals surface area contributed by atoms with E-state index in [0.717, 1.165) is 26.9 Å². The van der Waals surface area contributed by atoms with Crippen LogP contribution in [0.25, 0.3) is 0 Å². The minimum atomic E-state index is -0.312. The lowest BCUT2D eigenvalue weighted by Crippen LogP contribution is -1.98. The second-order valence-corrected chi connectivity index (χ2v) is 8.11. The van der Waals surface area contributed by atoms with Crippen LogP contribution in [-0.2, 0) is 29.3 Å². The molecule has 0 radical (unpaired) electrons. The molecule has 2 heterocycles. The average Bonchev–Trinajstić information content (AvgIpc) is 3.59. The monoisotopic (exact) mass is 580 g/mol. The zero-order valence-electron chi connectivity index (χ0n) is 23.5. The molecule has 0 amide bonds. The number of ether oxygens (including phenoxy) is 5. The van der Waals surface area contributed by atoms with Gasteiger partial charge in [0.25, 0.3) is 0 Å². The fourth-order valence-electron chi connectivity index (χ4n) is 3.43. The van der Waals surface area contributed by atoms with Crippen LogP contribution in [0.15, 0.2) is 59.1 Å². The van der Waals surface area contributed by atoms with E-state index in [0.29, 0.717) is 35.8 Å². The molecule has 200 valence electrons. The molecule has 0 fully saturated rings. The van der Waals surface area contributed by atoms with Gasteiger partial charge in [0, 0.05) is 18.3 Å². The van der Waals surface area contributed by atoms with E-state index in [1.165, 1.54) is 21.9 Å². The SMILES string of the molecule is COc1ccc(Br)c2c1C(=O)OC2.COc1cccc(CO)c1.COc1cccc2c1C(=O)OC2.[3H]C.[3H]C. The van der Waals surface area contributed by atoms with Crippen molar-refractivity contribution in [2.75, 3.05) is 21.3 Å². The third-order valence-corrected chi connectivity index (χ3v) is 5.94. The summed E-state index contributed by atoms with van der Waals surface area (Å²) in [7, 11) is 7.19. The van der Waals surface area contributed by atoms with Gasteiger partial charge in [0.1, 0.15) is 41.6 Å². The van der Waals surface area contributed by atoms with Crippen LogP contribution in [0.4, 0.5) is 0 Å². The summed E-state index contributed by atoms with van der Waals surface area (Å²) in [6, 6.07) is 16.4. The lowest BCUT2D eigenvalue weighted by molar-refractivity contribution is 0.0523. The largest absolute Gasteiger partial charge is 0.497 e. The molecule has 0 saturated carbocycles. The fourth-order valence-corrected chi connectivity index (χ4v) is 3.88. The van der Waals surface area contributed by atoms with E-state index in [2.05, 4.69) is 15.9 Å². The molecular formula is C28H33BrO8. The van der Waals surface area contributed by atoms with Gasteiger partial charge in [0.2, 0.25) is 0 Å². The molecule has 9 heteroatoms. The number of halogens is 1. The number of hydrogen-bond acceptors (Lipinski definition) is 8. The van der Waals surface area contributed by atoms with E-state index < -0.39 is 0 Å². The van der Waals surface area contributed by atoms with Gasteiger partial charge in [-0.2, -0.15) is 0 Å². The first-order chi connectivity index (χ1) is 18.9. The Balaban J connectivity index is 0.000000277. The molecule has 37 heavy (non-hydrogen) atoms. The first kappa shape index (κ1) is 28.0. The molecule has 1 N–H and O–H groups in total. The van der Waals surface area contributed by atoms with Crippen molar-refractivity contribution in [3.05, 3.63) is 86.9 Å². The molecule has 2 aliphatic rings. The maximum absolute atomic E-state index is 11.3. The Morgan fingerprint density at radius 3 is 2.14 bits per heavy atom. The number of aliphatic hydroxyl groups excluding tert-OH is 1. The number of methoxy groups -OCH3 is 3. The minimum absolute atomic E-state index is 0.0667. The van der Waals surface area contributed by atoms with Crippen LogP contribution in [0.1, 0.15) is 55.0 Å². The van der Waals surface area contributed by atoms with Gasteiger partial charge < -0.3 is 28.8 Å². The van der Waals surface area contributed by atoms with Crippen molar-refractivity contribution in [3.8, 4) is 17.2 Å². The molecule has 3 aromatic carbocycles. The summed E-state index contributed by atoms with van der Waals surface area (Å²) in [6.45, 7) is 0.758. The van der Waals surface area contributed by atoms with E-state index in [1.54, 1.807) is 32.4 Å². The quantitative estimate of drug-likeness (QED) is 0.377. The van der Waals surface area contributed by atoms with Crippen molar-refractivity contribution in [2.45, 2.75) is 34.6 Å². The van der Waals surface area contributed by atoms with Gasteiger partial charge in [0.15, 0.2) is 0 Å². The molecule has 0 bridgehead atoms. The van der Waals surface area contributed by atoms with E-state index in [1.807, 2.05) is 36.4 Å². The first-order valence-electron chi connectivity index (χ1n) is 12.5. The van der Waals surface area contributed by atoms with Gasteiger partial charge in [0.05, 0.1) is 27.9 Å². The number of esters is 2. The summed E-state index contributed by atoms with van der Waals surface area (Å²) in [5.41, 5.74) is 3.75. The van der Waals surface area contributed by atoms with Crippen LogP contribution in [0, 0.1) is 0 Å². The van der Waals surface area contributed by atoms with Crippen LogP contribution in [0.2, 0.25) is 0 Å². The van der Waals surface area contributed by atoms with Crippen molar-refractivity contribution in [1.82, 2.24) is 0 Å². The molecule has 0 aliphatic carbocycles. The van der Waals surface area contributed by atoms with Crippen LogP contribution in [0.5, 0.6) is 17.2 Å². The van der Waals surface area contributed by atoms with E-state index in [9.17, 15) is 9.59 Å². The van der Waals surface area contributed by atoms with E-state index >= 15 is 0 Å². The summed E-state index contributed by atoms with van der Waals surface area (Å²) < 4.78 is 37.2. The Morgan fingerprint density at radius 1 is 0.865 bits per heavy atom. The van der Waals surface area contributed by atoms with Gasteiger partial charge in [-0.15, -0.1) is 0 Å². The Kier molecular flexibility index (Phi) is 11.3. The second kappa shape index (κ2) is 14.9. The number of rotatable bonds is 4. The van der Waals surface area contributed by atoms with E-state index in [4.69, 9.17) is 31.5 Å². The number of hydrogen-bond donors (Lipinski definition) is 1. The molecule has 0 saturated heterocycles. The molecule has 2 aliphatic heterocycles. The molecule has 0 atom stereocenters. The number of carbonyl (C=O) groups is 2. The van der Waals surface area contributed by atoms with Crippen LogP contribution < -0.4 is 14.2 Å². The number of cyclic esters (lactones) is 2. The number of carbonyl (C=O) groups excluding carboxylic acids is 2. The second-order valence-electron chi connectivity index (χ2n) is 7.26. The third-order valence-electron chi connectivity index (χ3n) is 5.20. The molecule has 3 aromatic rings. The highest BCUT2D eigenvalue weighted by atomic mass is 79.9. The topological polar surface area (TPSA) is 101 Å². The van der Waals surface area contributed by atoms with Gasteiger partial charge in [-0.3, -0.25) is 0 Å². The third kappa shape index (κ3) is 7.47. The van der Waals surface area contributed by atoms with E-state index in [-0.39, 0.29) is 18.5 Å². The zero-order valence-corrected chi connectivity index (χ0v) is 23.1. The number of aliphatic hydroxyl groups is 1. The highest BCUT2D eigenvalue weighted by Gasteiger charge is 2.27. The molecule has 0 unspecified atom stereocenters. The normalized spacial score (nSPS) is 12.3. The van der Waals surface area contributed by atoms with Crippen LogP contribution >= 0.6 is 15.9 Å². The predicted molar refractivity (Wildman–Crippen MR) is 144 cm³/mol. The highest BCUT2D eigenvalue weighted by molar-refractivity contribution is 9.10. The van der Waals surface area contributed by atoms with Crippen molar-refractivity contribution in [1.29, 1.82) is 0 Å². The lowest BCUT2D eigenvalue weighted by Gasteiger charge is -2.04. The summed E-state index contributed by atoms with van der Waals surface area (Å²) in [5, 5.41) is 8.70. The standard InChI is InChI=1S/C9H7BrO3.C9H8O3.C8H10O2.2CH4/c1-12-7-3-2-6(10)5-4-13-9(11)8(5)7;1-11-7-4-2-3-6-5-12-9(10)8(6)7;1-10-8-4-2-3-7(5-8)6-9;;/h2-3H,4H2,1H3;2-4H,5H2,1H3;2-5,9H,6H2,1H3;2*1H4/i;;;2*1T. The minimum Gasteiger partial charge on any atom is -0.497 e. The van der Waals surface area contributed by atoms with Gasteiger partial charge in [-0.25, -0.2) is 9.59 Å². The molecule has 8 nitrogen and oxygen atoms in total. The van der Waals surface area contributed by atoms with Gasteiger partial charge >= 0.3 is 11.9 Å². The Bertz CT molecular complexity index is 1200. The summed E-state index contributed by atoms with van der Waals surface area (Å²) in [4.78, 5) is 22.4. The molecule has 5 rings (SSSR count). The maximum Gasteiger partial charge on any atom is 0.342 e. The smallest absolute Gasteiger partial charge is 0.342 e. The number of benzene rings is 3. The Morgan fingerprint density at radius 2 is 1.49 bits per heavy atom. The lowest BCUT2D eigenvalue weighted by atomic mass is 10.1. The summed E-state index contributed by atoms with van der Waals surface area (Å²) in [6.07, 6.45) is 0. The summed E-state index contributed by atoms with van der Waals surface area (Å²) >= 11 is 3.35. The first-order valence-corrected chi connectivity index (χ1v) is 11.3. The zero-order chi connectivity index (χ0) is 29.4. The van der Waals surface area contributed by atoms with Crippen molar-refractivity contribution in [2.24, 2.45) is 0 Å². The Labute approximate surface area is 229 Å². The van der Waals surface area contributed by atoms with Crippen LogP contribution in [0.3, 0.4) is 0 Å². The van der Waals surface area contributed by atoms with Crippen molar-refractivity contribution < 1.29 is 41.1 Å². The Hall–Kier alpha value is -3.56. The molecule has 0 spiro atoms. The van der Waals surface area contributed by atoms with Gasteiger partial charge in [-0.1, -0.05) is 55.0 Å². The number of fused-ring (bicyclic) bond motifs is 2.